The minimum absolute atomic E-state index is 0. The number of aromatic amines is 1. The van der Waals surface area contributed by atoms with Crippen LogP contribution < -0.4 is 15.4 Å². The van der Waals surface area contributed by atoms with Gasteiger partial charge in [0.05, 0.1) is 0 Å². The van der Waals surface area contributed by atoms with Crippen LogP contribution in [-0.2, 0) is 19.5 Å². The lowest BCUT2D eigenvalue weighted by Gasteiger charge is -2.13. The molecule has 1 amide bonds. The topological polar surface area (TPSA) is 79.0 Å². The molecule has 1 aliphatic heterocycles. The van der Waals surface area contributed by atoms with Crippen molar-refractivity contribution in [2.24, 2.45) is 0 Å². The lowest BCUT2D eigenvalue weighted by Crippen LogP contribution is -2.28. The van der Waals surface area contributed by atoms with E-state index in [0.717, 1.165) is 29.8 Å². The Hall–Kier alpha value is -2.19. The van der Waals surface area contributed by atoms with E-state index in [0.29, 0.717) is 18.0 Å². The van der Waals surface area contributed by atoms with Gasteiger partial charge in [-0.1, -0.05) is 12.1 Å². The maximum Gasteiger partial charge on any atom is 0.272 e. The number of rotatable bonds is 6. The maximum atomic E-state index is 12.3. The summed E-state index contributed by atoms with van der Waals surface area (Å²) in [4.78, 5) is 12.3. The van der Waals surface area contributed by atoms with Crippen LogP contribution in [0.15, 0.2) is 24.3 Å². The summed E-state index contributed by atoms with van der Waals surface area (Å²) in [5.74, 6) is 0.0819. The van der Waals surface area contributed by atoms with Crippen LogP contribution in [0, 0.1) is 0 Å². The Labute approximate surface area is 149 Å². The monoisotopic (exact) mass is 372 g/mol. The molecule has 3 rings (SSSR count). The average molecular weight is 373 g/mol. The van der Waals surface area contributed by atoms with Crippen LogP contribution in [0.5, 0.6) is 5.75 Å². The van der Waals surface area contributed by atoms with Gasteiger partial charge in [-0.2, -0.15) is 5.10 Å². The van der Waals surface area contributed by atoms with Crippen molar-refractivity contribution in [2.45, 2.75) is 25.9 Å². The van der Waals surface area contributed by atoms with Crippen molar-refractivity contribution in [3.8, 4) is 5.75 Å². The molecular weight excluding hydrogens is 354 g/mol. The molecule has 0 bridgehead atoms. The zero-order chi connectivity index (χ0) is 16.9. The van der Waals surface area contributed by atoms with E-state index in [1.807, 2.05) is 0 Å². The van der Waals surface area contributed by atoms with E-state index in [-0.39, 0.29) is 24.9 Å². The van der Waals surface area contributed by atoms with E-state index in [4.69, 9.17) is 4.74 Å². The number of carbonyl (C=O) groups is 1. The van der Waals surface area contributed by atoms with E-state index in [9.17, 15) is 13.6 Å². The van der Waals surface area contributed by atoms with Crippen LogP contribution >= 0.6 is 12.4 Å². The minimum Gasteiger partial charge on any atom is -0.488 e. The van der Waals surface area contributed by atoms with Gasteiger partial charge in [0.2, 0.25) is 0 Å². The third-order valence-electron chi connectivity index (χ3n) is 3.75. The zero-order valence-electron chi connectivity index (χ0n) is 13.4. The van der Waals surface area contributed by atoms with E-state index in [1.54, 1.807) is 24.3 Å². The quantitative estimate of drug-likeness (QED) is 0.725. The summed E-state index contributed by atoms with van der Waals surface area (Å²) >= 11 is 0. The number of halogens is 3. The first-order valence-corrected chi connectivity index (χ1v) is 7.68. The highest BCUT2D eigenvalue weighted by Crippen LogP contribution is 2.16. The normalized spacial score (nSPS) is 13.1. The highest BCUT2D eigenvalue weighted by molar-refractivity contribution is 5.94. The van der Waals surface area contributed by atoms with Crippen molar-refractivity contribution in [3.05, 3.63) is 46.8 Å². The number of H-pyrrole nitrogens is 1. The summed E-state index contributed by atoms with van der Waals surface area (Å²) < 4.78 is 29.3. The van der Waals surface area contributed by atoms with Gasteiger partial charge in [0.1, 0.15) is 12.4 Å². The van der Waals surface area contributed by atoms with E-state index in [2.05, 4.69) is 20.8 Å². The number of benzene rings is 1. The van der Waals surface area contributed by atoms with Gasteiger partial charge in [-0.25, -0.2) is 8.78 Å². The molecule has 0 spiro atoms. The number of hydrogen-bond acceptors (Lipinski definition) is 4. The molecule has 1 aromatic carbocycles. The fraction of sp³-hybridized carbons (Fsp3) is 0.375. The van der Waals surface area contributed by atoms with Gasteiger partial charge in [0, 0.05) is 37.3 Å². The third-order valence-corrected chi connectivity index (χ3v) is 3.75. The number of ether oxygens (including phenoxy) is 1. The van der Waals surface area contributed by atoms with Gasteiger partial charge in [0.25, 0.3) is 12.3 Å². The molecule has 1 aliphatic rings. The number of hydrogen-bond donors (Lipinski definition) is 3. The Morgan fingerprint density at radius 1 is 1.40 bits per heavy atom. The molecule has 3 N–H and O–H groups in total. The molecule has 0 unspecified atom stereocenters. The van der Waals surface area contributed by atoms with Crippen LogP contribution in [0.3, 0.4) is 0 Å². The summed E-state index contributed by atoms with van der Waals surface area (Å²) in [6, 6.07) is 6.72. The average Bonchev–Trinajstić information content (AvgIpc) is 3.02. The lowest BCUT2D eigenvalue weighted by molar-refractivity contribution is 0.0818. The van der Waals surface area contributed by atoms with Crippen molar-refractivity contribution in [1.82, 2.24) is 20.8 Å². The van der Waals surface area contributed by atoms with E-state index in [1.165, 1.54) is 0 Å². The molecule has 0 fully saturated rings. The zero-order valence-corrected chi connectivity index (χ0v) is 14.2. The third kappa shape index (κ3) is 4.90. The van der Waals surface area contributed by atoms with Crippen molar-refractivity contribution in [2.75, 3.05) is 13.2 Å². The van der Waals surface area contributed by atoms with Gasteiger partial charge >= 0.3 is 0 Å². The molecule has 0 aliphatic carbocycles. The summed E-state index contributed by atoms with van der Waals surface area (Å²) in [5.41, 5.74) is 3.04. The van der Waals surface area contributed by atoms with Crippen molar-refractivity contribution >= 4 is 18.3 Å². The minimum atomic E-state index is -2.52. The molecular formula is C16H19ClF2N4O2. The molecule has 0 radical (unpaired) electrons. The van der Waals surface area contributed by atoms with Crippen LogP contribution in [0.1, 0.15) is 27.3 Å². The molecule has 0 saturated carbocycles. The molecule has 0 saturated heterocycles. The fourth-order valence-corrected chi connectivity index (χ4v) is 2.58. The molecule has 9 heteroatoms. The van der Waals surface area contributed by atoms with Gasteiger partial charge in [-0.3, -0.25) is 9.89 Å². The molecule has 0 atom stereocenters. The Morgan fingerprint density at radius 3 is 3.04 bits per heavy atom. The van der Waals surface area contributed by atoms with Crippen LogP contribution in [0.4, 0.5) is 8.78 Å². The second-order valence-electron chi connectivity index (χ2n) is 5.49. The highest BCUT2D eigenvalue weighted by Gasteiger charge is 2.21. The smallest absolute Gasteiger partial charge is 0.272 e. The number of amides is 1. The predicted molar refractivity (Wildman–Crippen MR) is 90.4 cm³/mol. The van der Waals surface area contributed by atoms with E-state index < -0.39 is 13.0 Å². The molecule has 2 heterocycles. The van der Waals surface area contributed by atoms with Crippen molar-refractivity contribution in [1.29, 1.82) is 0 Å². The maximum absolute atomic E-state index is 12.3. The Balaban J connectivity index is 0.00000225. The number of nitrogens with one attached hydrogen (secondary N) is 3. The predicted octanol–water partition coefficient (Wildman–Crippen LogP) is 2.05. The summed E-state index contributed by atoms with van der Waals surface area (Å²) in [5, 5.41) is 13.0. The number of fused-ring (bicyclic) bond motifs is 1. The van der Waals surface area contributed by atoms with Crippen molar-refractivity contribution < 1.29 is 18.3 Å². The second-order valence-corrected chi connectivity index (χ2v) is 5.49. The SMILES string of the molecule is Cl.O=C(NCc1cccc(OCC(F)F)c1)c1n[nH]c2c1CNCC2. The number of alkyl halides is 2. The van der Waals surface area contributed by atoms with Gasteiger partial charge in [-0.15, -0.1) is 12.4 Å². The molecule has 25 heavy (non-hydrogen) atoms. The summed E-state index contributed by atoms with van der Waals surface area (Å²) in [6.07, 6.45) is -1.70. The molecule has 2 aromatic rings. The number of aromatic nitrogens is 2. The fourth-order valence-electron chi connectivity index (χ4n) is 2.58. The first kappa shape index (κ1) is 19.1. The highest BCUT2D eigenvalue weighted by atomic mass is 35.5. The molecule has 1 aromatic heterocycles. The standard InChI is InChI=1S/C16H18F2N4O2.ClH/c17-14(18)9-24-11-3-1-2-10(6-11)7-20-16(23)15-12-8-19-5-4-13(12)21-22-15;/h1-3,6,14,19H,4-5,7-9H2,(H,20,23)(H,21,22);1H. The first-order valence-electron chi connectivity index (χ1n) is 7.68. The van der Waals surface area contributed by atoms with Crippen LogP contribution in [-0.4, -0.2) is 35.7 Å². The van der Waals surface area contributed by atoms with Crippen LogP contribution in [0.25, 0.3) is 0 Å². The molecule has 6 nitrogen and oxygen atoms in total. The Morgan fingerprint density at radius 2 is 2.24 bits per heavy atom. The second kappa shape index (κ2) is 8.77. The first-order chi connectivity index (χ1) is 11.6. The van der Waals surface area contributed by atoms with Crippen LogP contribution in [0.2, 0.25) is 0 Å². The Kier molecular flexibility index (Phi) is 6.72. The number of carbonyl (C=O) groups excluding carboxylic acids is 1. The lowest BCUT2D eigenvalue weighted by atomic mass is 10.1. The molecule has 136 valence electrons. The Bertz CT molecular complexity index is 724. The summed E-state index contributed by atoms with van der Waals surface area (Å²) in [7, 11) is 0. The largest absolute Gasteiger partial charge is 0.488 e. The van der Waals surface area contributed by atoms with Gasteiger partial charge in [-0.05, 0) is 17.7 Å². The summed E-state index contributed by atoms with van der Waals surface area (Å²) in [6.45, 7) is 1.09. The van der Waals surface area contributed by atoms with Gasteiger partial charge < -0.3 is 15.4 Å². The van der Waals surface area contributed by atoms with E-state index >= 15 is 0 Å². The number of nitrogens with zero attached hydrogens (tertiary/aromatic N) is 1. The van der Waals surface area contributed by atoms with Crippen molar-refractivity contribution in [3.63, 3.8) is 0 Å². The van der Waals surface area contributed by atoms with Gasteiger partial charge in [0.15, 0.2) is 5.69 Å².